The zero-order valence-electron chi connectivity index (χ0n) is 14.5. The van der Waals surface area contributed by atoms with Gasteiger partial charge in [-0.1, -0.05) is 59.6 Å². The van der Waals surface area contributed by atoms with Crippen LogP contribution in [0.1, 0.15) is 25.5 Å². The summed E-state index contributed by atoms with van der Waals surface area (Å²) in [4.78, 5) is 12.4. The molecule has 0 saturated carbocycles. The van der Waals surface area contributed by atoms with E-state index >= 15 is 0 Å². The van der Waals surface area contributed by atoms with Crippen molar-refractivity contribution < 1.29 is 14.3 Å². The van der Waals surface area contributed by atoms with Gasteiger partial charge in [0.15, 0.2) is 5.79 Å². The van der Waals surface area contributed by atoms with Crippen molar-refractivity contribution in [2.45, 2.75) is 31.8 Å². The van der Waals surface area contributed by atoms with E-state index in [4.69, 9.17) is 32.7 Å². The number of hydrogen-bond acceptors (Lipinski definition) is 3. The zero-order chi connectivity index (χ0) is 18.7. The molecule has 1 fully saturated rings. The topological polar surface area (TPSA) is 59.6 Å². The number of carbonyl (C=O) groups is 1. The average molecular weight is 395 g/mol. The van der Waals surface area contributed by atoms with Crippen LogP contribution < -0.4 is 10.6 Å². The maximum absolute atomic E-state index is 12.4. The third-order valence-electron chi connectivity index (χ3n) is 4.03. The molecular weight excluding hydrogens is 375 g/mol. The lowest BCUT2D eigenvalue weighted by atomic mass is 10.0. The number of amides is 2. The van der Waals surface area contributed by atoms with Crippen molar-refractivity contribution in [1.29, 1.82) is 0 Å². The molecule has 0 radical (unpaired) electrons. The third-order valence-corrected chi connectivity index (χ3v) is 4.85. The molecular formula is C19H20Cl2N2O3. The van der Waals surface area contributed by atoms with Crippen LogP contribution in [0.25, 0.3) is 0 Å². The van der Waals surface area contributed by atoms with E-state index < -0.39 is 11.8 Å². The Balaban J connectivity index is 1.74. The molecule has 3 rings (SSSR count). The second-order valence-electron chi connectivity index (χ2n) is 6.47. The van der Waals surface area contributed by atoms with Crippen molar-refractivity contribution in [2.24, 2.45) is 0 Å². The highest BCUT2D eigenvalue weighted by Crippen LogP contribution is 2.33. The maximum Gasteiger partial charge on any atom is 0.319 e. The van der Waals surface area contributed by atoms with E-state index in [1.807, 2.05) is 44.2 Å². The molecule has 0 aromatic heterocycles. The van der Waals surface area contributed by atoms with Gasteiger partial charge < -0.3 is 20.1 Å². The molecule has 1 saturated heterocycles. The van der Waals surface area contributed by atoms with Gasteiger partial charge in [-0.2, -0.15) is 0 Å². The quantitative estimate of drug-likeness (QED) is 0.768. The van der Waals surface area contributed by atoms with Crippen LogP contribution in [0.5, 0.6) is 0 Å². The molecule has 0 bridgehead atoms. The largest absolute Gasteiger partial charge is 0.348 e. The van der Waals surface area contributed by atoms with E-state index in [2.05, 4.69) is 10.6 Å². The van der Waals surface area contributed by atoms with Gasteiger partial charge in [0.25, 0.3) is 0 Å². The van der Waals surface area contributed by atoms with Gasteiger partial charge in [0.2, 0.25) is 0 Å². The lowest BCUT2D eigenvalue weighted by molar-refractivity contribution is -0.284. The lowest BCUT2D eigenvalue weighted by Crippen LogP contribution is -2.52. The Morgan fingerprint density at radius 1 is 1.12 bits per heavy atom. The van der Waals surface area contributed by atoms with Crippen molar-refractivity contribution in [2.75, 3.05) is 11.9 Å². The standard InChI is InChI=1S/C19H20Cl2N2O3/c1-19(2)25-11-15(17(26-19)12-7-4-3-5-8-12)23-18(24)22-14-10-6-9-13(20)16(14)21/h3-10,15,17H,11H2,1-2H3,(H2,22,23,24). The SMILES string of the molecule is CC1(C)OCC(NC(=O)Nc2cccc(Cl)c2Cl)C(c2ccccc2)O1. The number of rotatable bonds is 3. The third kappa shape index (κ3) is 4.48. The summed E-state index contributed by atoms with van der Waals surface area (Å²) in [5.74, 6) is -0.731. The summed E-state index contributed by atoms with van der Waals surface area (Å²) >= 11 is 12.1. The van der Waals surface area contributed by atoms with Crippen LogP contribution in [0.2, 0.25) is 10.0 Å². The number of anilines is 1. The highest BCUT2D eigenvalue weighted by atomic mass is 35.5. The molecule has 2 aromatic rings. The summed E-state index contributed by atoms with van der Waals surface area (Å²) in [6.07, 6.45) is -0.333. The Labute approximate surface area is 162 Å². The summed E-state index contributed by atoms with van der Waals surface area (Å²) in [6.45, 7) is 4.03. The molecule has 7 heteroatoms. The van der Waals surface area contributed by atoms with Gasteiger partial charge in [-0.3, -0.25) is 0 Å². The summed E-state index contributed by atoms with van der Waals surface area (Å²) in [5, 5.41) is 6.28. The van der Waals surface area contributed by atoms with Gasteiger partial charge in [0, 0.05) is 0 Å². The van der Waals surface area contributed by atoms with Crippen LogP contribution in [0.4, 0.5) is 10.5 Å². The van der Waals surface area contributed by atoms with Gasteiger partial charge in [0.1, 0.15) is 6.10 Å². The van der Waals surface area contributed by atoms with Gasteiger partial charge in [-0.05, 0) is 31.5 Å². The predicted octanol–water partition coefficient (Wildman–Crippen LogP) is 5.01. The summed E-state index contributed by atoms with van der Waals surface area (Å²) in [7, 11) is 0. The molecule has 138 valence electrons. The monoisotopic (exact) mass is 394 g/mol. The average Bonchev–Trinajstić information content (AvgIpc) is 2.61. The highest BCUT2D eigenvalue weighted by molar-refractivity contribution is 6.43. The molecule has 2 aromatic carbocycles. The Morgan fingerprint density at radius 3 is 2.58 bits per heavy atom. The first-order valence-corrected chi connectivity index (χ1v) is 8.99. The Morgan fingerprint density at radius 2 is 1.85 bits per heavy atom. The molecule has 5 nitrogen and oxygen atoms in total. The van der Waals surface area contributed by atoms with Crippen LogP contribution in [0.3, 0.4) is 0 Å². The van der Waals surface area contributed by atoms with Gasteiger partial charge in [0.05, 0.1) is 28.4 Å². The van der Waals surface area contributed by atoms with E-state index in [0.29, 0.717) is 22.3 Å². The Bertz CT molecular complexity index is 784. The lowest BCUT2D eigenvalue weighted by Gasteiger charge is -2.41. The Kier molecular flexibility index (Phi) is 5.73. The van der Waals surface area contributed by atoms with Crippen molar-refractivity contribution in [3.63, 3.8) is 0 Å². The fraction of sp³-hybridized carbons (Fsp3) is 0.316. The number of benzene rings is 2. The van der Waals surface area contributed by atoms with Crippen LogP contribution in [0.15, 0.2) is 48.5 Å². The molecule has 2 unspecified atom stereocenters. The molecule has 2 N–H and O–H groups in total. The zero-order valence-corrected chi connectivity index (χ0v) is 16.0. The smallest absolute Gasteiger partial charge is 0.319 e. The molecule has 0 aliphatic carbocycles. The van der Waals surface area contributed by atoms with E-state index in [9.17, 15) is 4.79 Å². The van der Waals surface area contributed by atoms with Gasteiger partial charge in [-0.15, -0.1) is 0 Å². The van der Waals surface area contributed by atoms with Crippen molar-refractivity contribution in [3.05, 3.63) is 64.1 Å². The molecule has 2 atom stereocenters. The molecule has 1 heterocycles. The summed E-state index contributed by atoms with van der Waals surface area (Å²) < 4.78 is 11.8. The number of ether oxygens (including phenoxy) is 2. The number of halogens is 2. The summed E-state index contributed by atoms with van der Waals surface area (Å²) in [6, 6.07) is 14.0. The Hall–Kier alpha value is -1.79. The number of urea groups is 1. The minimum atomic E-state index is -0.731. The van der Waals surface area contributed by atoms with E-state index in [-0.39, 0.29) is 12.1 Å². The van der Waals surface area contributed by atoms with Crippen molar-refractivity contribution in [3.8, 4) is 0 Å². The fourth-order valence-corrected chi connectivity index (χ4v) is 3.14. The van der Waals surface area contributed by atoms with E-state index in [1.54, 1.807) is 18.2 Å². The van der Waals surface area contributed by atoms with Crippen LogP contribution >= 0.6 is 23.2 Å². The molecule has 1 aliphatic rings. The second-order valence-corrected chi connectivity index (χ2v) is 7.25. The first kappa shape index (κ1) is 19.0. The molecule has 26 heavy (non-hydrogen) atoms. The second kappa shape index (κ2) is 7.84. The molecule has 2 amide bonds. The van der Waals surface area contributed by atoms with Crippen molar-refractivity contribution >= 4 is 34.9 Å². The van der Waals surface area contributed by atoms with Crippen LogP contribution in [-0.2, 0) is 9.47 Å². The van der Waals surface area contributed by atoms with Gasteiger partial charge in [-0.25, -0.2) is 4.79 Å². The number of nitrogens with one attached hydrogen (secondary N) is 2. The minimum Gasteiger partial charge on any atom is -0.348 e. The normalized spacial score (nSPS) is 21.8. The van der Waals surface area contributed by atoms with Crippen LogP contribution in [-0.4, -0.2) is 24.5 Å². The van der Waals surface area contributed by atoms with Crippen molar-refractivity contribution in [1.82, 2.24) is 5.32 Å². The molecule has 0 spiro atoms. The number of hydrogen-bond donors (Lipinski definition) is 2. The molecule has 1 aliphatic heterocycles. The van der Waals surface area contributed by atoms with Crippen LogP contribution in [0, 0.1) is 0 Å². The predicted molar refractivity (Wildman–Crippen MR) is 103 cm³/mol. The maximum atomic E-state index is 12.4. The van der Waals surface area contributed by atoms with E-state index in [1.165, 1.54) is 0 Å². The van der Waals surface area contributed by atoms with Gasteiger partial charge >= 0.3 is 6.03 Å². The minimum absolute atomic E-state index is 0.293. The first-order chi connectivity index (χ1) is 12.4. The highest BCUT2D eigenvalue weighted by Gasteiger charge is 2.38. The van der Waals surface area contributed by atoms with E-state index in [0.717, 1.165) is 5.56 Å². The number of carbonyl (C=O) groups excluding carboxylic acids is 1. The summed E-state index contributed by atoms with van der Waals surface area (Å²) in [5.41, 5.74) is 1.40. The fourth-order valence-electron chi connectivity index (χ4n) is 2.79. The first-order valence-electron chi connectivity index (χ1n) is 8.24.